The molecule has 0 aromatic heterocycles. The van der Waals surface area contributed by atoms with Crippen LogP contribution >= 0.6 is 0 Å². The standard InChI is InChI=1S/C38H36N6O2/c45-33-37(29-17-5-1-6-18-29,39-35(41-25-13-14-26-41)43(33)31-21-9-3-10-22-31)38(30-19-7-2-8-20-30)34(46)44(32-23-11-4-12-24-32)36(40-38)42-27-15-16-28-42/h1-12,17-24H,13-16,25-28H2. The van der Waals surface area contributed by atoms with Crippen LogP contribution < -0.4 is 9.80 Å². The summed E-state index contributed by atoms with van der Waals surface area (Å²) < 4.78 is 0. The minimum Gasteiger partial charge on any atom is -0.342 e. The van der Waals surface area contributed by atoms with Crippen LogP contribution in [0.2, 0.25) is 0 Å². The molecule has 0 radical (unpaired) electrons. The number of anilines is 2. The van der Waals surface area contributed by atoms with Crippen LogP contribution in [0, 0.1) is 0 Å². The Morgan fingerprint density at radius 3 is 1.07 bits per heavy atom. The highest BCUT2D eigenvalue weighted by Gasteiger charge is 2.72. The lowest BCUT2D eigenvalue weighted by Gasteiger charge is -2.39. The fourth-order valence-electron chi connectivity index (χ4n) is 7.50. The number of hydrogen-bond donors (Lipinski definition) is 0. The predicted octanol–water partition coefficient (Wildman–Crippen LogP) is 5.77. The largest absolute Gasteiger partial charge is 0.342 e. The van der Waals surface area contributed by atoms with Crippen LogP contribution in [0.1, 0.15) is 36.8 Å². The first kappa shape index (κ1) is 28.2. The van der Waals surface area contributed by atoms with E-state index in [0.29, 0.717) is 34.4 Å². The van der Waals surface area contributed by atoms with Crippen molar-refractivity contribution in [3.05, 3.63) is 132 Å². The van der Waals surface area contributed by atoms with E-state index in [9.17, 15) is 0 Å². The van der Waals surface area contributed by atoms with Crippen molar-refractivity contribution >= 4 is 35.1 Å². The van der Waals surface area contributed by atoms with Gasteiger partial charge in [-0.2, -0.15) is 0 Å². The van der Waals surface area contributed by atoms with E-state index in [1.807, 2.05) is 121 Å². The Kier molecular flexibility index (Phi) is 6.93. The Hall–Kier alpha value is -5.24. The molecule has 2 fully saturated rings. The van der Waals surface area contributed by atoms with Crippen LogP contribution in [-0.4, -0.2) is 59.7 Å². The molecule has 0 bridgehead atoms. The van der Waals surface area contributed by atoms with Gasteiger partial charge in [-0.15, -0.1) is 0 Å². The van der Waals surface area contributed by atoms with Gasteiger partial charge in [0.05, 0.1) is 11.4 Å². The SMILES string of the molecule is O=C1N(c2ccccc2)C(N2CCCC2)=NC1(c1ccccc1)C1(c2ccccc2)N=C(N2CCCC2)N(c2ccccc2)C1=O. The number of rotatable bonds is 5. The van der Waals surface area contributed by atoms with Gasteiger partial charge in [0.25, 0.3) is 11.8 Å². The van der Waals surface area contributed by atoms with Crippen molar-refractivity contribution in [1.29, 1.82) is 0 Å². The Morgan fingerprint density at radius 1 is 0.435 bits per heavy atom. The zero-order valence-electron chi connectivity index (χ0n) is 25.7. The molecule has 46 heavy (non-hydrogen) atoms. The third-order valence-corrected chi connectivity index (χ3v) is 9.67. The number of hydrogen-bond acceptors (Lipinski definition) is 6. The second-order valence-electron chi connectivity index (χ2n) is 12.3. The maximum Gasteiger partial charge on any atom is 0.270 e. The van der Waals surface area contributed by atoms with Gasteiger partial charge in [0.1, 0.15) is 0 Å². The van der Waals surface area contributed by atoms with Crippen molar-refractivity contribution in [1.82, 2.24) is 9.80 Å². The van der Waals surface area contributed by atoms with Crippen LogP contribution in [0.5, 0.6) is 0 Å². The first-order valence-electron chi connectivity index (χ1n) is 16.2. The van der Waals surface area contributed by atoms with E-state index < -0.39 is 11.1 Å². The maximum absolute atomic E-state index is 15.7. The number of amides is 2. The van der Waals surface area contributed by atoms with Gasteiger partial charge in [-0.1, -0.05) is 97.1 Å². The summed E-state index contributed by atoms with van der Waals surface area (Å²) in [5.74, 6) is 0.556. The minimum atomic E-state index is -1.73. The van der Waals surface area contributed by atoms with E-state index >= 15 is 9.59 Å². The van der Waals surface area contributed by atoms with Crippen LogP contribution in [0.15, 0.2) is 131 Å². The van der Waals surface area contributed by atoms with Gasteiger partial charge in [0, 0.05) is 26.2 Å². The van der Waals surface area contributed by atoms with Gasteiger partial charge in [0.15, 0.2) is 0 Å². The van der Waals surface area contributed by atoms with Gasteiger partial charge in [0.2, 0.25) is 23.0 Å². The number of carbonyl (C=O) groups is 2. The first-order chi connectivity index (χ1) is 22.6. The molecule has 0 aliphatic carbocycles. The molecule has 4 heterocycles. The van der Waals surface area contributed by atoms with Gasteiger partial charge in [-0.3, -0.25) is 9.59 Å². The third-order valence-electron chi connectivity index (χ3n) is 9.67. The van der Waals surface area contributed by atoms with Crippen LogP contribution in [0.4, 0.5) is 11.4 Å². The van der Waals surface area contributed by atoms with Crippen LogP contribution in [0.25, 0.3) is 0 Å². The number of guanidine groups is 2. The van der Waals surface area contributed by atoms with E-state index in [0.717, 1.165) is 51.9 Å². The Labute approximate surface area is 269 Å². The Balaban J connectivity index is 1.47. The summed E-state index contributed by atoms with van der Waals surface area (Å²) in [7, 11) is 0. The number of aliphatic imine (C=N–C) groups is 2. The average molecular weight is 609 g/mol. The number of para-hydroxylation sites is 2. The fraction of sp³-hybridized carbons (Fsp3) is 0.263. The number of nitrogens with zero attached hydrogens (tertiary/aromatic N) is 6. The summed E-state index contributed by atoms with van der Waals surface area (Å²) in [6.45, 7) is 3.13. The number of benzene rings is 4. The van der Waals surface area contributed by atoms with E-state index in [1.54, 1.807) is 9.80 Å². The van der Waals surface area contributed by atoms with Gasteiger partial charge < -0.3 is 9.80 Å². The zero-order chi connectivity index (χ0) is 31.1. The molecule has 2 atom stereocenters. The smallest absolute Gasteiger partial charge is 0.270 e. The summed E-state index contributed by atoms with van der Waals surface area (Å²) in [6.07, 6.45) is 4.04. The lowest BCUT2D eigenvalue weighted by Crippen LogP contribution is -2.59. The molecular formula is C38H36N6O2. The quantitative estimate of drug-likeness (QED) is 0.288. The Morgan fingerprint density at radius 2 is 0.739 bits per heavy atom. The molecule has 0 spiro atoms. The molecule has 4 aliphatic rings. The summed E-state index contributed by atoms with van der Waals surface area (Å²) in [5, 5.41) is 0. The number of carbonyl (C=O) groups excluding carboxylic acids is 2. The second kappa shape index (κ2) is 11.3. The van der Waals surface area contributed by atoms with Crippen molar-refractivity contribution in [2.45, 2.75) is 36.8 Å². The Bertz CT molecular complexity index is 1670. The van der Waals surface area contributed by atoms with Crippen molar-refractivity contribution < 1.29 is 9.59 Å². The summed E-state index contributed by atoms with van der Waals surface area (Å²) in [6, 6.07) is 38.6. The molecule has 2 amide bonds. The summed E-state index contributed by atoms with van der Waals surface area (Å²) in [5.41, 5.74) is -0.760. The fourth-order valence-corrected chi connectivity index (χ4v) is 7.50. The number of likely N-dealkylation sites (tertiary alicyclic amines) is 2. The topological polar surface area (TPSA) is 71.8 Å². The van der Waals surface area contributed by atoms with Crippen molar-refractivity contribution in [3.8, 4) is 0 Å². The lowest BCUT2D eigenvalue weighted by atomic mass is 9.68. The van der Waals surface area contributed by atoms with Crippen molar-refractivity contribution in [2.75, 3.05) is 36.0 Å². The van der Waals surface area contributed by atoms with E-state index in [1.165, 1.54) is 0 Å². The molecule has 4 aromatic carbocycles. The molecule has 8 rings (SSSR count). The zero-order valence-corrected chi connectivity index (χ0v) is 25.7. The van der Waals surface area contributed by atoms with E-state index in [-0.39, 0.29) is 11.8 Å². The normalized spacial score (nSPS) is 24.6. The molecule has 0 saturated carbocycles. The van der Waals surface area contributed by atoms with Gasteiger partial charge in [-0.25, -0.2) is 19.8 Å². The molecule has 2 saturated heterocycles. The maximum atomic E-state index is 15.7. The molecule has 230 valence electrons. The van der Waals surface area contributed by atoms with Crippen LogP contribution in [0.3, 0.4) is 0 Å². The molecule has 8 heteroatoms. The van der Waals surface area contributed by atoms with Gasteiger partial charge in [-0.05, 0) is 61.1 Å². The molecule has 8 nitrogen and oxygen atoms in total. The van der Waals surface area contributed by atoms with E-state index in [2.05, 4.69) is 9.80 Å². The first-order valence-corrected chi connectivity index (χ1v) is 16.2. The highest BCUT2D eigenvalue weighted by molar-refractivity contribution is 6.30. The monoisotopic (exact) mass is 608 g/mol. The second-order valence-corrected chi connectivity index (χ2v) is 12.3. The summed E-state index contributed by atoms with van der Waals surface area (Å²) in [4.78, 5) is 50.3. The molecule has 0 N–H and O–H groups in total. The van der Waals surface area contributed by atoms with Crippen molar-refractivity contribution in [3.63, 3.8) is 0 Å². The molecule has 4 aliphatic heterocycles. The highest BCUT2D eigenvalue weighted by atomic mass is 16.2. The predicted molar refractivity (Wildman–Crippen MR) is 181 cm³/mol. The highest BCUT2D eigenvalue weighted by Crippen LogP contribution is 2.55. The van der Waals surface area contributed by atoms with E-state index in [4.69, 9.17) is 9.98 Å². The minimum absolute atomic E-state index is 0.288. The lowest BCUT2D eigenvalue weighted by molar-refractivity contribution is -0.133. The average Bonchev–Trinajstić information content (AvgIpc) is 3.93. The third kappa shape index (κ3) is 4.12. The van der Waals surface area contributed by atoms with Crippen LogP contribution in [-0.2, 0) is 20.7 Å². The molecular weight excluding hydrogens is 572 g/mol. The molecule has 2 unspecified atom stereocenters. The summed E-state index contributed by atoms with van der Waals surface area (Å²) >= 11 is 0. The van der Waals surface area contributed by atoms with Crippen molar-refractivity contribution in [2.24, 2.45) is 9.98 Å². The molecule has 4 aromatic rings. The van der Waals surface area contributed by atoms with Gasteiger partial charge >= 0.3 is 0 Å².